The van der Waals surface area contributed by atoms with Crippen LogP contribution < -0.4 is 9.47 Å². The van der Waals surface area contributed by atoms with Crippen LogP contribution in [0.25, 0.3) is 6.08 Å². The summed E-state index contributed by atoms with van der Waals surface area (Å²) >= 11 is 5.92. The Bertz CT molecular complexity index is 759. The van der Waals surface area contributed by atoms with Crippen molar-refractivity contribution < 1.29 is 19.1 Å². The topological polar surface area (TPSA) is 65.0 Å². The predicted octanol–water partition coefficient (Wildman–Crippen LogP) is 4.27. The number of benzene rings is 1. The van der Waals surface area contributed by atoms with E-state index in [1.807, 2.05) is 0 Å². The van der Waals surface area contributed by atoms with Crippen molar-refractivity contribution >= 4 is 61.0 Å². The molecule has 5 nitrogen and oxygen atoms in total. The molecule has 0 atom stereocenters. The van der Waals surface area contributed by atoms with Crippen LogP contribution in [0.2, 0.25) is 0 Å². The number of thioether (sulfide) groups is 2. The first kappa shape index (κ1) is 18.8. The van der Waals surface area contributed by atoms with Gasteiger partial charge in [0.2, 0.25) is 5.12 Å². The average molecular weight is 428 g/mol. The first-order valence-corrected chi connectivity index (χ1v) is 9.36. The Balaban J connectivity index is 2.34. The second-order valence-electron chi connectivity index (χ2n) is 4.52. The van der Waals surface area contributed by atoms with E-state index in [4.69, 9.17) is 9.47 Å². The van der Waals surface area contributed by atoms with Gasteiger partial charge in [-0.2, -0.15) is 0 Å². The van der Waals surface area contributed by atoms with Crippen LogP contribution in [-0.2, 0) is 9.59 Å². The van der Waals surface area contributed by atoms with Gasteiger partial charge in [0.25, 0.3) is 0 Å². The molecule has 0 bridgehead atoms. The van der Waals surface area contributed by atoms with Crippen LogP contribution in [0.1, 0.15) is 12.5 Å². The van der Waals surface area contributed by atoms with Gasteiger partial charge in [-0.15, -0.1) is 6.58 Å². The van der Waals surface area contributed by atoms with E-state index in [1.165, 1.54) is 25.8 Å². The Labute approximate surface area is 156 Å². The molecule has 1 aromatic carbocycles. The number of halogens is 1. The molecule has 8 heteroatoms. The molecule has 0 fully saturated rings. The van der Waals surface area contributed by atoms with Gasteiger partial charge >= 0.3 is 5.97 Å². The van der Waals surface area contributed by atoms with Gasteiger partial charge in [-0.1, -0.05) is 17.8 Å². The lowest BCUT2D eigenvalue weighted by Gasteiger charge is -2.11. The summed E-state index contributed by atoms with van der Waals surface area (Å²) in [6, 6.07) is 3.41. The summed E-state index contributed by atoms with van der Waals surface area (Å²) in [4.78, 5) is 27.5. The molecule has 1 aliphatic heterocycles. The second-order valence-corrected chi connectivity index (χ2v) is 7.61. The van der Waals surface area contributed by atoms with E-state index in [-0.39, 0.29) is 5.12 Å². The lowest BCUT2D eigenvalue weighted by Crippen LogP contribution is -2.04. The Kier molecular flexibility index (Phi) is 6.70. The minimum atomic E-state index is -0.448. The molecular weight excluding hydrogens is 414 g/mol. The van der Waals surface area contributed by atoms with Crippen molar-refractivity contribution in [3.8, 4) is 11.5 Å². The van der Waals surface area contributed by atoms with Crippen LogP contribution in [0.3, 0.4) is 0 Å². The van der Waals surface area contributed by atoms with Crippen LogP contribution in [0.15, 0.2) is 39.9 Å². The largest absolute Gasteiger partial charge is 0.493 e. The van der Waals surface area contributed by atoms with Crippen molar-refractivity contribution in [1.82, 2.24) is 0 Å². The molecule has 0 amide bonds. The van der Waals surface area contributed by atoms with Gasteiger partial charge in [0.05, 0.1) is 11.6 Å². The number of esters is 1. The van der Waals surface area contributed by atoms with Crippen molar-refractivity contribution in [3.05, 3.63) is 40.5 Å². The number of carbonyl (C=O) groups excluding carboxylic acids is 2. The summed E-state index contributed by atoms with van der Waals surface area (Å²) in [6.07, 6.45) is 3.43. The van der Waals surface area contributed by atoms with E-state index in [0.29, 0.717) is 37.4 Å². The number of rotatable bonds is 5. The summed E-state index contributed by atoms with van der Waals surface area (Å²) in [6.45, 7) is 4.96. The Morgan fingerprint density at radius 3 is 2.88 bits per heavy atom. The third kappa shape index (κ3) is 4.75. The monoisotopic (exact) mass is 427 g/mol. The van der Waals surface area contributed by atoms with E-state index in [2.05, 4.69) is 27.5 Å². The second kappa shape index (κ2) is 8.55. The fourth-order valence-electron chi connectivity index (χ4n) is 1.81. The molecule has 0 aromatic heterocycles. The maximum Gasteiger partial charge on any atom is 0.308 e. The molecule has 24 heavy (non-hydrogen) atoms. The van der Waals surface area contributed by atoms with Crippen molar-refractivity contribution in [2.24, 2.45) is 4.99 Å². The standard InChI is InChI=1S/C16H14BrNO4S2/c1-4-5-23-16-18-12(15(20)24-16)7-10-6-11(17)14(22-9(2)19)13(8-10)21-3/h4,6-8H,1,5H2,2-3H3/b12-7-. The molecule has 0 aliphatic carbocycles. The van der Waals surface area contributed by atoms with E-state index in [0.717, 1.165) is 11.8 Å². The molecule has 2 rings (SSSR count). The fraction of sp³-hybridized carbons (Fsp3) is 0.188. The number of aliphatic imine (C=N–C) groups is 1. The molecule has 126 valence electrons. The highest BCUT2D eigenvalue weighted by atomic mass is 79.9. The zero-order valence-electron chi connectivity index (χ0n) is 13.0. The van der Waals surface area contributed by atoms with Crippen LogP contribution in [-0.4, -0.2) is 28.3 Å². The molecule has 1 aliphatic rings. The van der Waals surface area contributed by atoms with Crippen LogP contribution >= 0.6 is 39.5 Å². The average Bonchev–Trinajstić information content (AvgIpc) is 2.87. The van der Waals surface area contributed by atoms with Gasteiger partial charge in [-0.25, -0.2) is 4.99 Å². The molecule has 1 heterocycles. The zero-order chi connectivity index (χ0) is 17.7. The van der Waals surface area contributed by atoms with Crippen LogP contribution in [0.5, 0.6) is 11.5 Å². The van der Waals surface area contributed by atoms with Crippen LogP contribution in [0, 0.1) is 0 Å². The highest BCUT2D eigenvalue weighted by molar-refractivity contribution is 9.10. The van der Waals surface area contributed by atoms with Gasteiger partial charge in [0.1, 0.15) is 10.1 Å². The molecule has 0 spiro atoms. The lowest BCUT2D eigenvalue weighted by atomic mass is 10.1. The molecule has 0 radical (unpaired) electrons. The Hall–Kier alpha value is -1.51. The normalized spacial score (nSPS) is 15.4. The predicted molar refractivity (Wildman–Crippen MR) is 103 cm³/mol. The zero-order valence-corrected chi connectivity index (χ0v) is 16.2. The summed E-state index contributed by atoms with van der Waals surface area (Å²) < 4.78 is 11.6. The summed E-state index contributed by atoms with van der Waals surface area (Å²) in [5.41, 5.74) is 1.07. The number of hydrogen-bond acceptors (Lipinski definition) is 7. The number of carbonyl (C=O) groups is 2. The summed E-state index contributed by atoms with van der Waals surface area (Å²) in [5, 5.41) is -0.110. The van der Waals surface area contributed by atoms with Gasteiger partial charge in [0, 0.05) is 12.7 Å². The minimum absolute atomic E-state index is 0.110. The molecule has 0 N–H and O–H groups in total. The highest BCUT2D eigenvalue weighted by Crippen LogP contribution is 2.38. The molecular formula is C16H14BrNO4S2. The van der Waals surface area contributed by atoms with Crippen LogP contribution in [0.4, 0.5) is 0 Å². The van der Waals surface area contributed by atoms with Gasteiger partial charge < -0.3 is 9.47 Å². The van der Waals surface area contributed by atoms with E-state index < -0.39 is 5.97 Å². The number of nitrogens with zero attached hydrogens (tertiary/aromatic N) is 1. The smallest absolute Gasteiger partial charge is 0.308 e. The van der Waals surface area contributed by atoms with Crippen molar-refractivity contribution in [2.75, 3.05) is 12.9 Å². The minimum Gasteiger partial charge on any atom is -0.493 e. The first-order valence-electron chi connectivity index (χ1n) is 6.76. The van der Waals surface area contributed by atoms with E-state index in [1.54, 1.807) is 24.3 Å². The van der Waals surface area contributed by atoms with E-state index in [9.17, 15) is 9.59 Å². The molecule has 0 saturated carbocycles. The van der Waals surface area contributed by atoms with Crippen molar-refractivity contribution in [3.63, 3.8) is 0 Å². The number of hydrogen-bond donors (Lipinski definition) is 0. The van der Waals surface area contributed by atoms with Crippen molar-refractivity contribution in [2.45, 2.75) is 6.92 Å². The molecule has 0 saturated heterocycles. The SMILES string of the molecule is C=CCSC1=N/C(=C\c2cc(Br)c(OC(C)=O)c(OC)c2)C(=O)S1. The number of ether oxygens (including phenoxy) is 2. The maximum atomic E-state index is 12.0. The van der Waals surface area contributed by atoms with Gasteiger partial charge in [-0.05, 0) is 51.5 Å². The third-order valence-electron chi connectivity index (χ3n) is 2.73. The summed E-state index contributed by atoms with van der Waals surface area (Å²) in [7, 11) is 1.48. The first-order chi connectivity index (χ1) is 11.4. The molecule has 0 unspecified atom stereocenters. The highest BCUT2D eigenvalue weighted by Gasteiger charge is 2.22. The Morgan fingerprint density at radius 1 is 1.50 bits per heavy atom. The molecule has 1 aromatic rings. The van der Waals surface area contributed by atoms with E-state index >= 15 is 0 Å². The quantitative estimate of drug-likeness (QED) is 0.302. The fourth-order valence-corrected chi connectivity index (χ4v) is 3.95. The lowest BCUT2D eigenvalue weighted by molar-refractivity contribution is -0.132. The third-order valence-corrected chi connectivity index (χ3v) is 5.32. The van der Waals surface area contributed by atoms with Crippen molar-refractivity contribution in [1.29, 1.82) is 0 Å². The summed E-state index contributed by atoms with van der Waals surface area (Å²) in [5.74, 6) is 0.929. The Morgan fingerprint density at radius 2 is 2.25 bits per heavy atom. The number of methoxy groups -OCH3 is 1. The maximum absolute atomic E-state index is 12.0. The van der Waals surface area contributed by atoms with Gasteiger partial charge in [-0.3, -0.25) is 9.59 Å². The van der Waals surface area contributed by atoms with Gasteiger partial charge in [0.15, 0.2) is 11.5 Å².